The molecule has 0 bridgehead atoms. The lowest BCUT2D eigenvalue weighted by molar-refractivity contribution is -0.119. The Morgan fingerprint density at radius 2 is 1.77 bits per heavy atom. The molecule has 1 saturated heterocycles. The summed E-state index contributed by atoms with van der Waals surface area (Å²) in [6.07, 6.45) is 4.62. The van der Waals surface area contributed by atoms with E-state index in [1.165, 1.54) is 0 Å². The van der Waals surface area contributed by atoms with Crippen LogP contribution in [0.3, 0.4) is 0 Å². The van der Waals surface area contributed by atoms with Gasteiger partial charge in [-0.05, 0) is 67.4 Å². The number of aromatic nitrogens is 1. The summed E-state index contributed by atoms with van der Waals surface area (Å²) in [7, 11) is 0. The fourth-order valence-electron chi connectivity index (χ4n) is 3.51. The molecule has 158 valence electrons. The Morgan fingerprint density at radius 1 is 1.03 bits per heavy atom. The van der Waals surface area contributed by atoms with E-state index < -0.39 is 6.04 Å². The predicted molar refractivity (Wildman–Crippen MR) is 120 cm³/mol. The Balaban J connectivity index is 1.44. The molecule has 0 spiro atoms. The lowest BCUT2D eigenvalue weighted by Gasteiger charge is -2.24. The van der Waals surface area contributed by atoms with Gasteiger partial charge in [-0.1, -0.05) is 23.2 Å². The topological polar surface area (TPSA) is 71.5 Å². The quantitative estimate of drug-likeness (QED) is 0.556. The predicted octanol–water partition coefficient (Wildman–Crippen LogP) is 5.42. The van der Waals surface area contributed by atoms with E-state index in [1.54, 1.807) is 71.9 Å². The number of likely N-dealkylation sites (tertiary alicyclic amines) is 1. The number of nitrogens with zero attached hydrogens (tertiary/aromatic N) is 2. The van der Waals surface area contributed by atoms with E-state index in [1.807, 2.05) is 0 Å². The van der Waals surface area contributed by atoms with Gasteiger partial charge in [0.15, 0.2) is 0 Å². The van der Waals surface area contributed by atoms with Crippen LogP contribution in [0, 0.1) is 0 Å². The van der Waals surface area contributed by atoms with Crippen molar-refractivity contribution in [1.29, 1.82) is 0 Å². The van der Waals surface area contributed by atoms with Crippen molar-refractivity contribution < 1.29 is 14.3 Å². The number of nitrogens with one attached hydrogen (secondary N) is 1. The van der Waals surface area contributed by atoms with E-state index >= 15 is 0 Å². The number of ether oxygens (including phenoxy) is 1. The largest absolute Gasteiger partial charge is 0.456 e. The summed E-state index contributed by atoms with van der Waals surface area (Å²) in [5.74, 6) is 0.743. The molecule has 8 heteroatoms. The van der Waals surface area contributed by atoms with Crippen molar-refractivity contribution in [3.8, 4) is 11.5 Å². The van der Waals surface area contributed by atoms with Crippen molar-refractivity contribution in [3.05, 3.63) is 82.6 Å². The zero-order valence-corrected chi connectivity index (χ0v) is 17.9. The van der Waals surface area contributed by atoms with Gasteiger partial charge in [-0.2, -0.15) is 0 Å². The second kappa shape index (κ2) is 9.37. The van der Waals surface area contributed by atoms with Crippen molar-refractivity contribution in [2.75, 3.05) is 11.9 Å². The molecule has 2 aromatic carbocycles. The van der Waals surface area contributed by atoms with Crippen molar-refractivity contribution in [3.63, 3.8) is 0 Å². The van der Waals surface area contributed by atoms with Crippen LogP contribution >= 0.6 is 23.2 Å². The third-order valence-electron chi connectivity index (χ3n) is 4.92. The number of benzene rings is 2. The standard InChI is InChI=1S/C23H19Cl2N3O3/c24-16-11-17(25)13-18(12-16)27-22(29)21-4-2-10-28(21)23(30)15-5-7-19(8-6-15)31-20-3-1-9-26-14-20/h1,3,5-9,11-14,21H,2,4,10H2,(H,27,29). The number of rotatable bonds is 5. The van der Waals surface area contributed by atoms with E-state index in [2.05, 4.69) is 10.3 Å². The number of hydrogen-bond acceptors (Lipinski definition) is 4. The van der Waals surface area contributed by atoms with Gasteiger partial charge < -0.3 is 15.0 Å². The Bertz CT molecular complexity index is 1070. The van der Waals surface area contributed by atoms with Crippen molar-refractivity contribution in [2.24, 2.45) is 0 Å². The second-order valence-corrected chi connectivity index (χ2v) is 7.99. The Morgan fingerprint density at radius 3 is 2.45 bits per heavy atom. The van der Waals surface area contributed by atoms with Gasteiger partial charge >= 0.3 is 0 Å². The number of anilines is 1. The second-order valence-electron chi connectivity index (χ2n) is 7.12. The van der Waals surface area contributed by atoms with Crippen LogP contribution in [0.25, 0.3) is 0 Å². The lowest BCUT2D eigenvalue weighted by Crippen LogP contribution is -2.43. The van der Waals surface area contributed by atoms with Gasteiger partial charge in [0.05, 0.1) is 6.20 Å². The summed E-state index contributed by atoms with van der Waals surface area (Å²) in [6.45, 7) is 0.515. The highest BCUT2D eigenvalue weighted by atomic mass is 35.5. The summed E-state index contributed by atoms with van der Waals surface area (Å²) in [4.78, 5) is 31.5. The number of carbonyl (C=O) groups excluding carboxylic acids is 2. The molecule has 1 aliphatic heterocycles. The van der Waals surface area contributed by atoms with Gasteiger partial charge in [-0.3, -0.25) is 14.6 Å². The lowest BCUT2D eigenvalue weighted by atomic mass is 10.1. The summed E-state index contributed by atoms with van der Waals surface area (Å²) in [6, 6.07) is 14.7. The monoisotopic (exact) mass is 455 g/mol. The van der Waals surface area contributed by atoms with Gasteiger partial charge in [0, 0.05) is 34.0 Å². The molecule has 2 amide bonds. The minimum absolute atomic E-state index is 0.199. The maximum Gasteiger partial charge on any atom is 0.254 e. The fourth-order valence-corrected chi connectivity index (χ4v) is 4.03. The maximum absolute atomic E-state index is 13.0. The van der Waals surface area contributed by atoms with Crippen LogP contribution < -0.4 is 10.1 Å². The molecule has 1 aromatic heterocycles. The highest BCUT2D eigenvalue weighted by molar-refractivity contribution is 6.35. The van der Waals surface area contributed by atoms with E-state index in [4.69, 9.17) is 27.9 Å². The van der Waals surface area contributed by atoms with Crippen molar-refractivity contribution in [2.45, 2.75) is 18.9 Å². The van der Waals surface area contributed by atoms with Gasteiger partial charge in [0.2, 0.25) is 5.91 Å². The average molecular weight is 456 g/mol. The van der Waals surface area contributed by atoms with Crippen molar-refractivity contribution >= 4 is 40.7 Å². The molecule has 6 nitrogen and oxygen atoms in total. The first-order valence-electron chi connectivity index (χ1n) is 9.75. The molecule has 3 aromatic rings. The van der Waals surface area contributed by atoms with Crippen LogP contribution in [0.5, 0.6) is 11.5 Å². The van der Waals surface area contributed by atoms with Gasteiger partial charge in [-0.15, -0.1) is 0 Å². The molecular weight excluding hydrogens is 437 g/mol. The van der Waals surface area contributed by atoms with E-state index in [0.29, 0.717) is 45.8 Å². The third kappa shape index (κ3) is 5.16. The fraction of sp³-hybridized carbons (Fsp3) is 0.174. The first kappa shape index (κ1) is 21.2. The summed E-state index contributed by atoms with van der Waals surface area (Å²) >= 11 is 12.0. The first-order valence-corrected chi connectivity index (χ1v) is 10.5. The summed E-state index contributed by atoms with van der Waals surface area (Å²) in [5.41, 5.74) is 0.989. The SMILES string of the molecule is O=C(Nc1cc(Cl)cc(Cl)c1)C1CCCN1C(=O)c1ccc(Oc2cccnc2)cc1. The average Bonchev–Trinajstić information content (AvgIpc) is 3.24. The minimum Gasteiger partial charge on any atom is -0.456 e. The molecule has 31 heavy (non-hydrogen) atoms. The highest BCUT2D eigenvalue weighted by Crippen LogP contribution is 2.26. The van der Waals surface area contributed by atoms with E-state index in [9.17, 15) is 9.59 Å². The molecule has 1 unspecified atom stereocenters. The number of pyridine rings is 1. The molecule has 2 heterocycles. The zero-order valence-electron chi connectivity index (χ0n) is 16.4. The minimum atomic E-state index is -0.559. The molecule has 1 fully saturated rings. The maximum atomic E-state index is 13.0. The Labute approximate surface area is 189 Å². The van der Waals surface area contributed by atoms with Crippen LogP contribution in [-0.4, -0.2) is 34.3 Å². The molecule has 1 N–H and O–H groups in total. The van der Waals surface area contributed by atoms with Crippen LogP contribution in [-0.2, 0) is 4.79 Å². The number of halogens is 2. The molecule has 1 atom stereocenters. The van der Waals surface area contributed by atoms with Gasteiger partial charge in [0.1, 0.15) is 17.5 Å². The zero-order chi connectivity index (χ0) is 21.8. The number of amides is 2. The third-order valence-corrected chi connectivity index (χ3v) is 5.35. The number of hydrogen-bond donors (Lipinski definition) is 1. The summed E-state index contributed by atoms with van der Waals surface area (Å²) in [5, 5.41) is 3.66. The highest BCUT2D eigenvalue weighted by Gasteiger charge is 2.34. The molecule has 4 rings (SSSR count). The first-order chi connectivity index (χ1) is 15.0. The molecule has 0 aliphatic carbocycles. The van der Waals surface area contributed by atoms with Crippen molar-refractivity contribution in [1.82, 2.24) is 9.88 Å². The molecular formula is C23H19Cl2N3O3. The van der Waals surface area contributed by atoms with Gasteiger partial charge in [-0.25, -0.2) is 0 Å². The van der Waals surface area contributed by atoms with E-state index in [-0.39, 0.29) is 11.8 Å². The normalized spacial score (nSPS) is 15.5. The molecule has 0 radical (unpaired) electrons. The van der Waals surface area contributed by atoms with E-state index in [0.717, 1.165) is 6.42 Å². The number of carbonyl (C=O) groups is 2. The Kier molecular flexibility index (Phi) is 6.39. The summed E-state index contributed by atoms with van der Waals surface area (Å²) < 4.78 is 5.71. The van der Waals surface area contributed by atoms with Crippen LogP contribution in [0.15, 0.2) is 67.0 Å². The molecule has 1 aliphatic rings. The van der Waals surface area contributed by atoms with Crippen LogP contribution in [0.2, 0.25) is 10.0 Å². The smallest absolute Gasteiger partial charge is 0.254 e. The van der Waals surface area contributed by atoms with Crippen LogP contribution in [0.1, 0.15) is 23.2 Å². The molecule has 0 saturated carbocycles. The van der Waals surface area contributed by atoms with Crippen LogP contribution in [0.4, 0.5) is 5.69 Å². The Hall–Kier alpha value is -3.09. The van der Waals surface area contributed by atoms with Gasteiger partial charge in [0.25, 0.3) is 5.91 Å².